The van der Waals surface area contributed by atoms with Crippen molar-refractivity contribution in [3.8, 4) is 0 Å². The van der Waals surface area contributed by atoms with Crippen molar-refractivity contribution >= 4 is 17.4 Å². The number of aliphatic hydroxyl groups excluding tert-OH is 1. The predicted molar refractivity (Wildman–Crippen MR) is 49.1 cm³/mol. The second kappa shape index (κ2) is 3.91. The average Bonchev–Trinajstić information content (AvgIpc) is 2.03. The Morgan fingerprint density at radius 1 is 1.54 bits per heavy atom. The van der Waals surface area contributed by atoms with E-state index in [-0.39, 0.29) is 10.6 Å². The van der Waals surface area contributed by atoms with Crippen molar-refractivity contribution in [1.82, 2.24) is 0 Å². The Morgan fingerprint density at radius 3 is 2.69 bits per heavy atom. The van der Waals surface area contributed by atoms with Crippen molar-refractivity contribution in [2.45, 2.75) is 0 Å². The van der Waals surface area contributed by atoms with Gasteiger partial charge in [0.25, 0.3) is 6.20 Å². The average molecular weight is 200 g/mol. The summed E-state index contributed by atoms with van der Waals surface area (Å²) >= 11 is 5.68. The molecule has 0 radical (unpaired) electrons. The minimum absolute atomic E-state index is 0.251. The van der Waals surface area contributed by atoms with Gasteiger partial charge in [0.2, 0.25) is 0 Å². The van der Waals surface area contributed by atoms with Gasteiger partial charge in [0.05, 0.1) is 9.95 Å². The van der Waals surface area contributed by atoms with E-state index in [0.717, 1.165) is 0 Å². The number of hydrogen-bond donors (Lipinski definition) is 1. The van der Waals surface area contributed by atoms with E-state index in [1.165, 1.54) is 6.07 Å². The highest BCUT2D eigenvalue weighted by atomic mass is 35.5. The Labute approximate surface area is 79.2 Å². The van der Waals surface area contributed by atoms with Crippen molar-refractivity contribution in [2.24, 2.45) is 0 Å². The zero-order valence-electron chi connectivity index (χ0n) is 6.48. The molecule has 0 saturated carbocycles. The van der Waals surface area contributed by atoms with Gasteiger partial charge in [0.1, 0.15) is 0 Å². The van der Waals surface area contributed by atoms with Gasteiger partial charge < -0.3 is 5.11 Å². The molecule has 4 nitrogen and oxygen atoms in total. The summed E-state index contributed by atoms with van der Waals surface area (Å²) in [5, 5.41) is 19.5. The topological polar surface area (TPSA) is 63.4 Å². The highest BCUT2D eigenvalue weighted by Gasteiger charge is 2.07. The summed E-state index contributed by atoms with van der Waals surface area (Å²) < 4.78 is 0. The maximum absolute atomic E-state index is 10.0. The molecular weight excluding hydrogens is 194 g/mol. The molecule has 0 spiro atoms. The molecule has 68 valence electrons. The lowest BCUT2D eigenvalue weighted by Crippen LogP contribution is -1.90. The minimum Gasteiger partial charge on any atom is -0.502 e. The molecule has 5 heteroatoms. The van der Waals surface area contributed by atoms with Gasteiger partial charge in [0.15, 0.2) is 5.76 Å². The Morgan fingerprint density at radius 2 is 2.15 bits per heavy atom. The summed E-state index contributed by atoms with van der Waals surface area (Å²) in [5.74, 6) is -0.449. The van der Waals surface area contributed by atoms with Crippen LogP contribution in [0.15, 0.2) is 30.5 Å². The molecule has 0 aliphatic heterocycles. The van der Waals surface area contributed by atoms with Gasteiger partial charge in [-0.1, -0.05) is 23.7 Å². The fourth-order valence-electron chi connectivity index (χ4n) is 0.838. The van der Waals surface area contributed by atoms with E-state index in [4.69, 9.17) is 11.6 Å². The van der Waals surface area contributed by atoms with Crippen LogP contribution >= 0.6 is 11.6 Å². The summed E-state index contributed by atoms with van der Waals surface area (Å²) in [4.78, 5) is 9.28. The number of halogens is 1. The Balaban J connectivity index is 3.08. The van der Waals surface area contributed by atoms with Crippen LogP contribution in [0.5, 0.6) is 0 Å². The van der Waals surface area contributed by atoms with Crippen LogP contribution in [-0.4, -0.2) is 10.0 Å². The first-order chi connectivity index (χ1) is 6.11. The molecule has 0 atom stereocenters. The lowest BCUT2D eigenvalue weighted by atomic mass is 10.2. The van der Waals surface area contributed by atoms with Crippen LogP contribution in [0.4, 0.5) is 0 Å². The van der Waals surface area contributed by atoms with Crippen LogP contribution < -0.4 is 0 Å². The molecular formula is C8H6ClNO3. The predicted octanol–water partition coefficient (Wildman–Crippen LogP) is 2.47. The van der Waals surface area contributed by atoms with Crippen molar-refractivity contribution in [1.29, 1.82) is 0 Å². The maximum Gasteiger partial charge on any atom is 0.276 e. The smallest absolute Gasteiger partial charge is 0.276 e. The fraction of sp³-hybridized carbons (Fsp3) is 0. The summed E-state index contributed by atoms with van der Waals surface area (Å²) in [6.07, 6.45) is 0.501. The number of benzene rings is 1. The van der Waals surface area contributed by atoms with Crippen molar-refractivity contribution in [3.63, 3.8) is 0 Å². The zero-order chi connectivity index (χ0) is 9.84. The van der Waals surface area contributed by atoms with Gasteiger partial charge in [-0.15, -0.1) is 0 Å². The molecule has 1 aromatic rings. The van der Waals surface area contributed by atoms with E-state index in [9.17, 15) is 15.2 Å². The van der Waals surface area contributed by atoms with Gasteiger partial charge in [-0.05, 0) is 12.1 Å². The lowest BCUT2D eigenvalue weighted by Gasteiger charge is -1.98. The summed E-state index contributed by atoms with van der Waals surface area (Å²) in [6.45, 7) is 0. The Bertz CT molecular complexity index is 362. The van der Waals surface area contributed by atoms with E-state index in [0.29, 0.717) is 6.20 Å². The molecule has 0 aliphatic carbocycles. The normalized spacial score (nSPS) is 11.3. The molecule has 0 aliphatic rings. The number of nitro groups is 1. The van der Waals surface area contributed by atoms with E-state index >= 15 is 0 Å². The zero-order valence-corrected chi connectivity index (χ0v) is 7.23. The third-order valence-electron chi connectivity index (χ3n) is 1.38. The Hall–Kier alpha value is -1.55. The van der Waals surface area contributed by atoms with Gasteiger partial charge in [-0.25, -0.2) is 0 Å². The van der Waals surface area contributed by atoms with Gasteiger partial charge in [-0.3, -0.25) is 10.1 Å². The number of aliphatic hydroxyl groups is 1. The van der Waals surface area contributed by atoms with Crippen molar-refractivity contribution < 1.29 is 10.0 Å². The van der Waals surface area contributed by atoms with Crippen LogP contribution in [0.3, 0.4) is 0 Å². The quantitative estimate of drug-likeness (QED) is 0.452. The first-order valence-electron chi connectivity index (χ1n) is 3.40. The van der Waals surface area contributed by atoms with Crippen LogP contribution in [-0.2, 0) is 0 Å². The second-order valence-electron chi connectivity index (χ2n) is 2.28. The lowest BCUT2D eigenvalue weighted by molar-refractivity contribution is -0.402. The van der Waals surface area contributed by atoms with Crippen molar-refractivity contribution in [3.05, 3.63) is 51.2 Å². The summed E-state index contributed by atoms with van der Waals surface area (Å²) in [5.41, 5.74) is 0.251. The number of hydrogen-bond acceptors (Lipinski definition) is 3. The first-order valence-corrected chi connectivity index (χ1v) is 3.78. The SMILES string of the molecule is O=[N+]([O-])C=C(O)c1ccccc1Cl. The number of nitrogens with zero attached hydrogens (tertiary/aromatic N) is 1. The highest BCUT2D eigenvalue weighted by molar-refractivity contribution is 6.32. The molecule has 0 amide bonds. The molecule has 0 bridgehead atoms. The Kier molecular flexibility index (Phi) is 2.87. The molecule has 1 aromatic carbocycles. The summed E-state index contributed by atoms with van der Waals surface area (Å²) in [7, 11) is 0. The molecule has 1 rings (SSSR count). The number of rotatable bonds is 2. The molecule has 0 unspecified atom stereocenters. The third-order valence-corrected chi connectivity index (χ3v) is 1.71. The van der Waals surface area contributed by atoms with E-state index in [1.54, 1.807) is 18.2 Å². The van der Waals surface area contributed by atoms with Crippen molar-refractivity contribution in [2.75, 3.05) is 0 Å². The van der Waals surface area contributed by atoms with Gasteiger partial charge in [0, 0.05) is 5.56 Å². The third kappa shape index (κ3) is 2.45. The molecule has 0 aromatic heterocycles. The van der Waals surface area contributed by atoms with Crippen LogP contribution in [0.2, 0.25) is 5.02 Å². The minimum atomic E-state index is -0.737. The van der Waals surface area contributed by atoms with Gasteiger partial charge >= 0.3 is 0 Å². The molecule has 0 heterocycles. The summed E-state index contributed by atoms with van der Waals surface area (Å²) in [6, 6.07) is 6.34. The molecule has 1 N–H and O–H groups in total. The molecule has 13 heavy (non-hydrogen) atoms. The van der Waals surface area contributed by atoms with Crippen LogP contribution in [0.25, 0.3) is 5.76 Å². The second-order valence-corrected chi connectivity index (χ2v) is 2.69. The van der Waals surface area contributed by atoms with E-state index < -0.39 is 10.7 Å². The largest absolute Gasteiger partial charge is 0.502 e. The molecule has 0 fully saturated rings. The van der Waals surface area contributed by atoms with Crippen LogP contribution in [0, 0.1) is 10.1 Å². The monoisotopic (exact) mass is 199 g/mol. The van der Waals surface area contributed by atoms with Crippen LogP contribution in [0.1, 0.15) is 5.56 Å². The van der Waals surface area contributed by atoms with Gasteiger partial charge in [-0.2, -0.15) is 0 Å². The first kappa shape index (κ1) is 9.54. The standard InChI is InChI=1S/C8H6ClNO3/c9-7-4-2-1-3-6(7)8(11)5-10(12)13/h1-5,11H. The highest BCUT2D eigenvalue weighted by Crippen LogP contribution is 2.21. The van der Waals surface area contributed by atoms with E-state index in [1.807, 2.05) is 0 Å². The van der Waals surface area contributed by atoms with E-state index in [2.05, 4.69) is 0 Å². The molecule has 0 saturated heterocycles. The fourth-order valence-corrected chi connectivity index (χ4v) is 1.07. The maximum atomic E-state index is 10.0.